The number of non-ortho nitro benzene ring substituents is 1. The highest BCUT2D eigenvalue weighted by atomic mass is 35.5. The SMILES string of the molecule is O=C(NCCn1nc(-c2ccco2)ccc1=O)c1ccc([N+](=O)[O-])cc1Cl. The molecule has 0 saturated carbocycles. The summed E-state index contributed by atoms with van der Waals surface area (Å²) in [4.78, 5) is 34.2. The second-order valence-corrected chi connectivity index (χ2v) is 5.84. The molecule has 10 heteroatoms. The number of benzene rings is 1. The van der Waals surface area contributed by atoms with Crippen molar-refractivity contribution in [1.29, 1.82) is 0 Å². The van der Waals surface area contributed by atoms with E-state index in [1.54, 1.807) is 18.2 Å². The second kappa shape index (κ2) is 7.83. The molecule has 0 aliphatic heterocycles. The summed E-state index contributed by atoms with van der Waals surface area (Å²) in [6.07, 6.45) is 1.50. The molecule has 1 amide bonds. The lowest BCUT2D eigenvalue weighted by Crippen LogP contribution is -2.32. The van der Waals surface area contributed by atoms with Crippen molar-refractivity contribution in [3.63, 3.8) is 0 Å². The molecule has 2 heterocycles. The minimum atomic E-state index is -0.600. The number of nitrogens with zero attached hydrogens (tertiary/aromatic N) is 3. The first-order chi connectivity index (χ1) is 13.0. The number of amides is 1. The number of hydrogen-bond donors (Lipinski definition) is 1. The third kappa shape index (κ3) is 4.21. The van der Waals surface area contributed by atoms with Gasteiger partial charge in [0.15, 0.2) is 5.76 Å². The van der Waals surface area contributed by atoms with Gasteiger partial charge >= 0.3 is 0 Å². The number of nitro groups is 1. The van der Waals surface area contributed by atoms with Crippen molar-refractivity contribution in [2.75, 3.05) is 6.54 Å². The normalized spacial score (nSPS) is 10.6. The van der Waals surface area contributed by atoms with Gasteiger partial charge in [-0.2, -0.15) is 5.10 Å². The summed E-state index contributed by atoms with van der Waals surface area (Å²) in [5.74, 6) is 0.00980. The fourth-order valence-corrected chi connectivity index (χ4v) is 2.60. The van der Waals surface area contributed by atoms with Crippen LogP contribution in [0.2, 0.25) is 5.02 Å². The smallest absolute Gasteiger partial charge is 0.270 e. The zero-order chi connectivity index (χ0) is 19.4. The molecule has 0 fully saturated rings. The predicted molar refractivity (Wildman–Crippen MR) is 96.6 cm³/mol. The van der Waals surface area contributed by atoms with Gasteiger partial charge in [0.05, 0.1) is 28.3 Å². The molecule has 138 valence electrons. The highest BCUT2D eigenvalue weighted by molar-refractivity contribution is 6.34. The molecule has 0 aliphatic rings. The van der Waals surface area contributed by atoms with Gasteiger partial charge in [0.25, 0.3) is 17.2 Å². The molecule has 0 unspecified atom stereocenters. The standard InChI is InChI=1S/C17H13ClN4O5/c18-13-10-11(22(25)26)3-4-12(13)17(24)19-7-8-21-16(23)6-5-14(20-21)15-2-1-9-27-15/h1-6,9-10H,7-8H2,(H,19,24). The van der Waals surface area contributed by atoms with Gasteiger partial charge in [0.2, 0.25) is 0 Å². The van der Waals surface area contributed by atoms with Crippen molar-refractivity contribution < 1.29 is 14.1 Å². The molecule has 3 aromatic rings. The molecule has 0 spiro atoms. The van der Waals surface area contributed by atoms with Gasteiger partial charge in [-0.25, -0.2) is 4.68 Å². The van der Waals surface area contributed by atoms with Crippen LogP contribution in [-0.2, 0) is 6.54 Å². The molecule has 0 bridgehead atoms. The Labute approximate surface area is 157 Å². The van der Waals surface area contributed by atoms with Crippen LogP contribution < -0.4 is 10.9 Å². The number of nitrogens with one attached hydrogen (secondary N) is 1. The largest absolute Gasteiger partial charge is 0.463 e. The van der Waals surface area contributed by atoms with E-state index in [1.807, 2.05) is 0 Å². The van der Waals surface area contributed by atoms with Crippen LogP contribution in [0, 0.1) is 10.1 Å². The van der Waals surface area contributed by atoms with Gasteiger partial charge < -0.3 is 9.73 Å². The van der Waals surface area contributed by atoms with Crippen molar-refractivity contribution in [2.24, 2.45) is 0 Å². The minimum Gasteiger partial charge on any atom is -0.463 e. The highest BCUT2D eigenvalue weighted by Crippen LogP contribution is 2.22. The van der Waals surface area contributed by atoms with Gasteiger partial charge in [-0.3, -0.25) is 19.7 Å². The first-order valence-corrected chi connectivity index (χ1v) is 8.17. The lowest BCUT2D eigenvalue weighted by molar-refractivity contribution is -0.384. The van der Waals surface area contributed by atoms with Crippen LogP contribution in [0.5, 0.6) is 0 Å². The van der Waals surface area contributed by atoms with Crippen LogP contribution in [0.3, 0.4) is 0 Å². The van der Waals surface area contributed by atoms with Gasteiger partial charge in [0, 0.05) is 24.7 Å². The minimum absolute atomic E-state index is 0.0307. The maximum absolute atomic E-state index is 12.2. The molecule has 3 rings (SSSR count). The van der Waals surface area contributed by atoms with E-state index < -0.39 is 10.8 Å². The Hall–Kier alpha value is -3.46. The van der Waals surface area contributed by atoms with Crippen molar-refractivity contribution in [3.8, 4) is 11.5 Å². The molecule has 2 aromatic heterocycles. The topological polar surface area (TPSA) is 120 Å². The summed E-state index contributed by atoms with van der Waals surface area (Å²) in [5.41, 5.74) is 0.0613. The number of furan rings is 1. The maximum Gasteiger partial charge on any atom is 0.270 e. The predicted octanol–water partition coefficient (Wildman–Crippen LogP) is 2.49. The summed E-state index contributed by atoms with van der Waals surface area (Å²) in [7, 11) is 0. The second-order valence-electron chi connectivity index (χ2n) is 5.43. The van der Waals surface area contributed by atoms with Crippen LogP contribution in [0.15, 0.2) is 57.9 Å². The van der Waals surface area contributed by atoms with Crippen LogP contribution in [0.1, 0.15) is 10.4 Å². The summed E-state index contributed by atoms with van der Waals surface area (Å²) in [6, 6.07) is 9.91. The van der Waals surface area contributed by atoms with E-state index in [-0.39, 0.29) is 34.9 Å². The highest BCUT2D eigenvalue weighted by Gasteiger charge is 2.15. The summed E-state index contributed by atoms with van der Waals surface area (Å²) >= 11 is 5.92. The molecule has 1 N–H and O–H groups in total. The van der Waals surface area contributed by atoms with E-state index in [4.69, 9.17) is 16.0 Å². The zero-order valence-electron chi connectivity index (χ0n) is 13.8. The number of nitro benzene ring substituents is 1. The van der Waals surface area contributed by atoms with Gasteiger partial charge in [-0.15, -0.1) is 0 Å². The summed E-state index contributed by atoms with van der Waals surface area (Å²) in [5, 5.41) is 17.5. The Morgan fingerprint density at radius 1 is 1.30 bits per heavy atom. The third-order valence-corrected chi connectivity index (χ3v) is 3.97. The molecule has 0 aliphatic carbocycles. The summed E-state index contributed by atoms with van der Waals surface area (Å²) in [6.45, 7) is 0.240. The first-order valence-electron chi connectivity index (χ1n) is 7.80. The number of carbonyl (C=O) groups excluding carboxylic acids is 1. The Kier molecular flexibility index (Phi) is 5.32. The Morgan fingerprint density at radius 2 is 2.11 bits per heavy atom. The maximum atomic E-state index is 12.2. The van der Waals surface area contributed by atoms with Crippen LogP contribution >= 0.6 is 11.6 Å². The Balaban J connectivity index is 1.66. The lowest BCUT2D eigenvalue weighted by Gasteiger charge is -2.08. The van der Waals surface area contributed by atoms with Crippen LogP contribution in [0.25, 0.3) is 11.5 Å². The van der Waals surface area contributed by atoms with Gasteiger partial charge in [-0.1, -0.05) is 11.6 Å². The van der Waals surface area contributed by atoms with E-state index in [9.17, 15) is 19.7 Å². The number of aromatic nitrogens is 2. The number of hydrogen-bond acceptors (Lipinski definition) is 6. The monoisotopic (exact) mass is 388 g/mol. The van der Waals surface area contributed by atoms with E-state index >= 15 is 0 Å². The fraction of sp³-hybridized carbons (Fsp3) is 0.118. The third-order valence-electron chi connectivity index (χ3n) is 3.66. The average molecular weight is 389 g/mol. The molecule has 0 atom stereocenters. The average Bonchev–Trinajstić information content (AvgIpc) is 3.17. The van der Waals surface area contributed by atoms with E-state index in [0.29, 0.717) is 11.5 Å². The van der Waals surface area contributed by atoms with E-state index in [1.165, 1.54) is 29.1 Å². The summed E-state index contributed by atoms with van der Waals surface area (Å²) < 4.78 is 6.45. The van der Waals surface area contributed by atoms with E-state index in [0.717, 1.165) is 6.07 Å². The Bertz CT molecular complexity index is 1050. The molecular formula is C17H13ClN4O5. The zero-order valence-corrected chi connectivity index (χ0v) is 14.5. The first kappa shape index (κ1) is 18.3. The number of halogens is 1. The van der Waals surface area contributed by atoms with Gasteiger partial charge in [0.1, 0.15) is 5.69 Å². The Morgan fingerprint density at radius 3 is 2.78 bits per heavy atom. The molecule has 0 saturated heterocycles. The molecule has 9 nitrogen and oxygen atoms in total. The molecule has 27 heavy (non-hydrogen) atoms. The van der Waals surface area contributed by atoms with Crippen molar-refractivity contribution >= 4 is 23.2 Å². The molecule has 1 aromatic carbocycles. The van der Waals surface area contributed by atoms with Gasteiger partial charge in [-0.05, 0) is 24.3 Å². The van der Waals surface area contributed by atoms with Crippen LogP contribution in [0.4, 0.5) is 5.69 Å². The van der Waals surface area contributed by atoms with Crippen molar-refractivity contribution in [1.82, 2.24) is 15.1 Å². The van der Waals surface area contributed by atoms with Crippen molar-refractivity contribution in [2.45, 2.75) is 6.54 Å². The van der Waals surface area contributed by atoms with E-state index in [2.05, 4.69) is 10.4 Å². The quantitative estimate of drug-likeness (QED) is 0.511. The lowest BCUT2D eigenvalue weighted by atomic mass is 10.2. The molecular weight excluding hydrogens is 376 g/mol. The number of rotatable bonds is 6. The molecule has 0 radical (unpaired) electrons. The fourth-order valence-electron chi connectivity index (χ4n) is 2.34. The van der Waals surface area contributed by atoms with Crippen LogP contribution in [-0.4, -0.2) is 27.2 Å². The van der Waals surface area contributed by atoms with Crippen molar-refractivity contribution in [3.05, 3.63) is 79.8 Å². The number of carbonyl (C=O) groups is 1.